The Hall–Kier alpha value is -1.36. The predicted octanol–water partition coefficient (Wildman–Crippen LogP) is 3.05. The maximum Gasteiger partial charge on any atom is 0.303 e. The number of unbranched alkanes of at least 4 members (excludes halogenated alkanes) is 1. The van der Waals surface area contributed by atoms with Gasteiger partial charge in [-0.25, -0.2) is 0 Å². The summed E-state index contributed by atoms with van der Waals surface area (Å²) in [6, 6.07) is 7.83. The highest BCUT2D eigenvalue weighted by molar-refractivity contribution is 9.10. The first-order valence-electron chi connectivity index (χ1n) is 6.19. The van der Waals surface area contributed by atoms with Gasteiger partial charge in [0.05, 0.1) is 0 Å². The van der Waals surface area contributed by atoms with Gasteiger partial charge in [-0.15, -0.1) is 0 Å². The molecule has 5 heteroatoms. The number of carboxylic acids is 1. The molecule has 0 aliphatic heterocycles. The van der Waals surface area contributed by atoms with E-state index in [1.165, 1.54) is 0 Å². The maximum absolute atomic E-state index is 11.8. The standard InChI is InChI=1S/C14H18BrNO3/c1-16(10-11-6-8-12(15)9-7-11)13(17)4-2-3-5-14(18)19/h6-9H,2-5,10H2,1H3,(H,18,19). The Morgan fingerprint density at radius 2 is 1.74 bits per heavy atom. The number of carbonyl (C=O) groups excluding carboxylic acids is 1. The SMILES string of the molecule is CN(Cc1ccc(Br)cc1)C(=O)CCCCC(=O)O. The molecule has 0 bridgehead atoms. The van der Waals surface area contributed by atoms with E-state index in [1.807, 2.05) is 24.3 Å². The van der Waals surface area contributed by atoms with Gasteiger partial charge in [-0.05, 0) is 30.5 Å². The topological polar surface area (TPSA) is 57.6 Å². The minimum Gasteiger partial charge on any atom is -0.481 e. The highest BCUT2D eigenvalue weighted by Crippen LogP contribution is 2.12. The van der Waals surface area contributed by atoms with Crippen molar-refractivity contribution in [3.8, 4) is 0 Å². The highest BCUT2D eigenvalue weighted by atomic mass is 79.9. The molecule has 0 saturated carbocycles. The quantitative estimate of drug-likeness (QED) is 0.783. The van der Waals surface area contributed by atoms with Crippen molar-refractivity contribution in [2.45, 2.75) is 32.2 Å². The fourth-order valence-electron chi connectivity index (χ4n) is 1.70. The lowest BCUT2D eigenvalue weighted by atomic mass is 10.1. The van der Waals surface area contributed by atoms with Gasteiger partial charge in [0.1, 0.15) is 0 Å². The largest absolute Gasteiger partial charge is 0.481 e. The first-order valence-corrected chi connectivity index (χ1v) is 6.98. The fraction of sp³-hybridized carbons (Fsp3) is 0.429. The van der Waals surface area contributed by atoms with Gasteiger partial charge in [0.25, 0.3) is 0 Å². The molecule has 0 radical (unpaired) electrons. The smallest absolute Gasteiger partial charge is 0.303 e. The zero-order valence-electron chi connectivity index (χ0n) is 10.9. The number of aliphatic carboxylic acids is 1. The van der Waals surface area contributed by atoms with Crippen LogP contribution in [0.25, 0.3) is 0 Å². The molecule has 0 aliphatic rings. The molecular formula is C14H18BrNO3. The van der Waals surface area contributed by atoms with Crippen LogP contribution in [0, 0.1) is 0 Å². The minimum absolute atomic E-state index is 0.0494. The van der Waals surface area contributed by atoms with Gasteiger partial charge in [0.15, 0.2) is 0 Å². The molecule has 0 aromatic heterocycles. The van der Waals surface area contributed by atoms with E-state index < -0.39 is 5.97 Å². The van der Waals surface area contributed by atoms with Gasteiger partial charge in [-0.3, -0.25) is 9.59 Å². The van der Waals surface area contributed by atoms with Crippen LogP contribution in [0.15, 0.2) is 28.7 Å². The molecule has 1 rings (SSSR count). The number of hydrogen-bond donors (Lipinski definition) is 1. The van der Waals surface area contributed by atoms with Crippen LogP contribution >= 0.6 is 15.9 Å². The van der Waals surface area contributed by atoms with Gasteiger partial charge in [-0.1, -0.05) is 28.1 Å². The number of nitrogens with zero attached hydrogens (tertiary/aromatic N) is 1. The van der Waals surface area contributed by atoms with Crippen molar-refractivity contribution in [1.82, 2.24) is 4.90 Å². The van der Waals surface area contributed by atoms with Crippen molar-refractivity contribution in [3.05, 3.63) is 34.3 Å². The van der Waals surface area contributed by atoms with E-state index in [-0.39, 0.29) is 12.3 Å². The number of carbonyl (C=O) groups is 2. The van der Waals surface area contributed by atoms with E-state index in [0.29, 0.717) is 25.8 Å². The average Bonchev–Trinajstić information content (AvgIpc) is 2.36. The third-order valence-corrected chi connectivity index (χ3v) is 3.32. The zero-order valence-corrected chi connectivity index (χ0v) is 12.5. The average molecular weight is 328 g/mol. The number of halogens is 1. The van der Waals surface area contributed by atoms with Crippen molar-refractivity contribution in [2.75, 3.05) is 7.05 Å². The van der Waals surface area contributed by atoms with Gasteiger partial charge in [0.2, 0.25) is 5.91 Å². The lowest BCUT2D eigenvalue weighted by Crippen LogP contribution is -2.25. The molecular weight excluding hydrogens is 310 g/mol. The summed E-state index contributed by atoms with van der Waals surface area (Å²) in [5.41, 5.74) is 1.07. The Labute approximate surface area is 121 Å². The van der Waals surface area contributed by atoms with Crippen LogP contribution in [0.3, 0.4) is 0 Å². The van der Waals surface area contributed by atoms with Gasteiger partial charge in [0, 0.05) is 30.9 Å². The first kappa shape index (κ1) is 15.7. The van der Waals surface area contributed by atoms with Crippen LogP contribution in [0.4, 0.5) is 0 Å². The molecule has 0 spiro atoms. The predicted molar refractivity (Wildman–Crippen MR) is 76.7 cm³/mol. The van der Waals surface area contributed by atoms with Crippen LogP contribution < -0.4 is 0 Å². The monoisotopic (exact) mass is 327 g/mol. The molecule has 0 atom stereocenters. The molecule has 104 valence electrons. The third-order valence-electron chi connectivity index (χ3n) is 2.79. The second-order valence-electron chi connectivity index (χ2n) is 4.48. The Kier molecular flexibility index (Phi) is 6.56. The fourth-order valence-corrected chi connectivity index (χ4v) is 1.96. The van der Waals surface area contributed by atoms with Crippen LogP contribution in [-0.4, -0.2) is 28.9 Å². The summed E-state index contributed by atoms with van der Waals surface area (Å²) in [6.45, 7) is 0.574. The van der Waals surface area contributed by atoms with Gasteiger partial charge in [-0.2, -0.15) is 0 Å². The Morgan fingerprint density at radius 3 is 2.32 bits per heavy atom. The van der Waals surface area contributed by atoms with Crippen LogP contribution in [0.2, 0.25) is 0 Å². The third kappa shape index (κ3) is 6.38. The zero-order chi connectivity index (χ0) is 14.3. The normalized spacial score (nSPS) is 10.2. The Balaban J connectivity index is 2.32. The molecule has 1 amide bonds. The van der Waals surface area contributed by atoms with Crippen molar-refractivity contribution in [1.29, 1.82) is 0 Å². The number of carboxylic acid groups (broad SMARTS) is 1. The molecule has 0 heterocycles. The second kappa shape index (κ2) is 7.94. The van der Waals surface area contributed by atoms with Gasteiger partial charge < -0.3 is 10.0 Å². The summed E-state index contributed by atoms with van der Waals surface area (Å²) in [6.07, 6.45) is 1.70. The molecule has 1 aromatic rings. The number of amides is 1. The highest BCUT2D eigenvalue weighted by Gasteiger charge is 2.09. The summed E-state index contributed by atoms with van der Waals surface area (Å²) >= 11 is 3.37. The number of benzene rings is 1. The summed E-state index contributed by atoms with van der Waals surface area (Å²) in [7, 11) is 1.77. The molecule has 0 unspecified atom stereocenters. The van der Waals surface area contributed by atoms with Crippen molar-refractivity contribution < 1.29 is 14.7 Å². The second-order valence-corrected chi connectivity index (χ2v) is 5.39. The molecule has 4 nitrogen and oxygen atoms in total. The molecule has 0 saturated heterocycles. The van der Waals surface area contributed by atoms with E-state index in [1.54, 1.807) is 11.9 Å². The molecule has 0 fully saturated rings. The summed E-state index contributed by atoms with van der Waals surface area (Å²) in [4.78, 5) is 23.8. The van der Waals surface area contributed by atoms with Crippen LogP contribution in [0.1, 0.15) is 31.2 Å². The van der Waals surface area contributed by atoms with Crippen LogP contribution in [0.5, 0.6) is 0 Å². The number of hydrogen-bond acceptors (Lipinski definition) is 2. The molecule has 0 aliphatic carbocycles. The molecule has 1 N–H and O–H groups in total. The summed E-state index contributed by atoms with van der Waals surface area (Å²) in [5.74, 6) is -0.760. The summed E-state index contributed by atoms with van der Waals surface area (Å²) in [5, 5.41) is 8.51. The van der Waals surface area contributed by atoms with Crippen LogP contribution in [-0.2, 0) is 16.1 Å². The van der Waals surface area contributed by atoms with E-state index in [0.717, 1.165) is 10.0 Å². The van der Waals surface area contributed by atoms with E-state index in [2.05, 4.69) is 15.9 Å². The summed E-state index contributed by atoms with van der Waals surface area (Å²) < 4.78 is 1.01. The first-order chi connectivity index (χ1) is 8.99. The lowest BCUT2D eigenvalue weighted by Gasteiger charge is -2.17. The van der Waals surface area contributed by atoms with Crippen molar-refractivity contribution in [3.63, 3.8) is 0 Å². The Morgan fingerprint density at radius 1 is 1.16 bits per heavy atom. The molecule has 1 aromatic carbocycles. The van der Waals surface area contributed by atoms with E-state index >= 15 is 0 Å². The van der Waals surface area contributed by atoms with Gasteiger partial charge >= 0.3 is 5.97 Å². The minimum atomic E-state index is -0.810. The molecule has 19 heavy (non-hydrogen) atoms. The number of rotatable bonds is 7. The van der Waals surface area contributed by atoms with E-state index in [9.17, 15) is 9.59 Å². The lowest BCUT2D eigenvalue weighted by molar-refractivity contribution is -0.137. The Bertz CT molecular complexity index is 431. The van der Waals surface area contributed by atoms with E-state index in [4.69, 9.17) is 5.11 Å². The van der Waals surface area contributed by atoms with Crippen molar-refractivity contribution >= 4 is 27.8 Å². The maximum atomic E-state index is 11.8. The van der Waals surface area contributed by atoms with Crippen molar-refractivity contribution in [2.24, 2.45) is 0 Å².